The Kier molecular flexibility index (Phi) is 4.34. The average molecular weight is 267 g/mol. The fourth-order valence-corrected chi connectivity index (χ4v) is 2.65. The summed E-state index contributed by atoms with van der Waals surface area (Å²) < 4.78 is 5.90. The summed E-state index contributed by atoms with van der Waals surface area (Å²) in [5.74, 6) is 1.62. The van der Waals surface area contributed by atoms with Crippen LogP contribution >= 0.6 is 0 Å². The van der Waals surface area contributed by atoms with Gasteiger partial charge in [-0.25, -0.2) is 0 Å². The summed E-state index contributed by atoms with van der Waals surface area (Å²) in [6.07, 6.45) is 2.54. The number of ether oxygens (including phenoxy) is 1. The monoisotopic (exact) mass is 267 g/mol. The van der Waals surface area contributed by atoms with E-state index < -0.39 is 0 Å². The molecule has 0 spiro atoms. The number of nitrogens with one attached hydrogen (secondary N) is 1. The maximum Gasteiger partial charge on any atom is 0.119 e. The molecule has 2 aromatic carbocycles. The number of piperidine rings is 1. The van der Waals surface area contributed by atoms with Crippen LogP contribution in [-0.2, 0) is 0 Å². The molecule has 1 fully saturated rings. The summed E-state index contributed by atoms with van der Waals surface area (Å²) in [5.41, 5.74) is 2.48. The second-order valence-electron chi connectivity index (χ2n) is 5.41. The summed E-state index contributed by atoms with van der Waals surface area (Å²) in [4.78, 5) is 0. The zero-order valence-corrected chi connectivity index (χ0v) is 11.7. The predicted octanol–water partition coefficient (Wildman–Crippen LogP) is 3.73. The van der Waals surface area contributed by atoms with Gasteiger partial charge in [0.1, 0.15) is 5.75 Å². The standard InChI is InChI=1S/C18H21NO/c1-2-6-16(7-3-1)17-8-10-18(11-9-17)20-14-15-5-4-12-19-13-15/h1-3,6-11,15,19H,4-5,12-14H2. The zero-order chi connectivity index (χ0) is 13.6. The molecule has 2 nitrogen and oxygen atoms in total. The molecule has 0 bridgehead atoms. The first-order chi connectivity index (χ1) is 9.92. The van der Waals surface area contributed by atoms with Gasteiger partial charge in [0.15, 0.2) is 0 Å². The molecule has 1 unspecified atom stereocenters. The Labute approximate surface area is 120 Å². The number of hydrogen-bond acceptors (Lipinski definition) is 2. The van der Waals surface area contributed by atoms with Crippen LogP contribution in [0.3, 0.4) is 0 Å². The first-order valence-electron chi connectivity index (χ1n) is 7.41. The fraction of sp³-hybridized carbons (Fsp3) is 0.333. The normalized spacial score (nSPS) is 18.7. The Hall–Kier alpha value is -1.80. The van der Waals surface area contributed by atoms with E-state index in [-0.39, 0.29) is 0 Å². The highest BCUT2D eigenvalue weighted by atomic mass is 16.5. The van der Waals surface area contributed by atoms with Crippen molar-refractivity contribution in [1.82, 2.24) is 5.32 Å². The van der Waals surface area contributed by atoms with Crippen LogP contribution < -0.4 is 10.1 Å². The van der Waals surface area contributed by atoms with Gasteiger partial charge in [-0.1, -0.05) is 42.5 Å². The van der Waals surface area contributed by atoms with Crippen LogP contribution in [0, 0.1) is 5.92 Å². The van der Waals surface area contributed by atoms with Crippen LogP contribution in [-0.4, -0.2) is 19.7 Å². The van der Waals surface area contributed by atoms with Crippen molar-refractivity contribution in [3.05, 3.63) is 54.6 Å². The van der Waals surface area contributed by atoms with Crippen molar-refractivity contribution in [1.29, 1.82) is 0 Å². The fourth-order valence-electron chi connectivity index (χ4n) is 2.65. The molecule has 104 valence electrons. The SMILES string of the molecule is c1ccc(-c2ccc(OCC3CCCNC3)cc2)cc1. The van der Waals surface area contributed by atoms with Crippen LogP contribution in [0.1, 0.15) is 12.8 Å². The number of benzene rings is 2. The topological polar surface area (TPSA) is 21.3 Å². The third-order valence-electron chi connectivity index (χ3n) is 3.85. The first kappa shape index (κ1) is 13.2. The molecule has 1 aliphatic rings. The third-order valence-corrected chi connectivity index (χ3v) is 3.85. The van der Waals surface area contributed by atoms with Crippen LogP contribution in [0.2, 0.25) is 0 Å². The molecule has 2 heteroatoms. The first-order valence-corrected chi connectivity index (χ1v) is 7.41. The lowest BCUT2D eigenvalue weighted by atomic mass is 10.0. The Morgan fingerprint density at radius 1 is 0.950 bits per heavy atom. The van der Waals surface area contributed by atoms with E-state index >= 15 is 0 Å². The number of hydrogen-bond donors (Lipinski definition) is 1. The largest absolute Gasteiger partial charge is 0.493 e. The van der Waals surface area contributed by atoms with E-state index in [0.29, 0.717) is 5.92 Å². The van der Waals surface area contributed by atoms with Gasteiger partial charge in [-0.05, 0) is 42.6 Å². The molecule has 0 amide bonds. The van der Waals surface area contributed by atoms with E-state index in [1.807, 2.05) is 6.07 Å². The minimum atomic E-state index is 0.651. The number of rotatable bonds is 4. The van der Waals surface area contributed by atoms with Crippen LogP contribution in [0.4, 0.5) is 0 Å². The van der Waals surface area contributed by atoms with Crippen LogP contribution in [0.5, 0.6) is 5.75 Å². The minimum absolute atomic E-state index is 0.651. The van der Waals surface area contributed by atoms with Gasteiger partial charge in [0.25, 0.3) is 0 Å². The van der Waals surface area contributed by atoms with Crippen molar-refractivity contribution in [2.75, 3.05) is 19.7 Å². The van der Waals surface area contributed by atoms with E-state index in [1.54, 1.807) is 0 Å². The molecule has 1 atom stereocenters. The van der Waals surface area contributed by atoms with E-state index in [4.69, 9.17) is 4.74 Å². The summed E-state index contributed by atoms with van der Waals surface area (Å²) in [6.45, 7) is 3.06. The summed E-state index contributed by atoms with van der Waals surface area (Å²) >= 11 is 0. The molecule has 0 saturated carbocycles. The molecule has 0 aromatic heterocycles. The van der Waals surface area contributed by atoms with Gasteiger partial charge in [-0.15, -0.1) is 0 Å². The van der Waals surface area contributed by atoms with Crippen molar-refractivity contribution in [3.8, 4) is 16.9 Å². The Morgan fingerprint density at radius 2 is 1.70 bits per heavy atom. The Morgan fingerprint density at radius 3 is 2.40 bits per heavy atom. The molecule has 1 aliphatic heterocycles. The highest BCUT2D eigenvalue weighted by molar-refractivity contribution is 5.63. The van der Waals surface area contributed by atoms with Gasteiger partial charge < -0.3 is 10.1 Å². The molecule has 0 aliphatic carbocycles. The molecule has 3 rings (SSSR count). The second-order valence-corrected chi connectivity index (χ2v) is 5.41. The lowest BCUT2D eigenvalue weighted by Gasteiger charge is -2.22. The van der Waals surface area contributed by atoms with Gasteiger partial charge >= 0.3 is 0 Å². The highest BCUT2D eigenvalue weighted by Crippen LogP contribution is 2.22. The van der Waals surface area contributed by atoms with Gasteiger partial charge in [0, 0.05) is 12.5 Å². The predicted molar refractivity (Wildman–Crippen MR) is 83.0 cm³/mol. The van der Waals surface area contributed by atoms with Gasteiger partial charge in [-0.2, -0.15) is 0 Å². The second kappa shape index (κ2) is 6.58. The van der Waals surface area contributed by atoms with E-state index in [2.05, 4.69) is 53.8 Å². The molecule has 1 saturated heterocycles. The summed E-state index contributed by atoms with van der Waals surface area (Å²) in [5, 5.41) is 3.42. The lowest BCUT2D eigenvalue weighted by molar-refractivity contribution is 0.218. The van der Waals surface area contributed by atoms with Crippen molar-refractivity contribution in [2.24, 2.45) is 5.92 Å². The molecule has 1 N–H and O–H groups in total. The van der Waals surface area contributed by atoms with E-state index in [0.717, 1.165) is 25.4 Å². The maximum absolute atomic E-state index is 5.90. The summed E-state index contributed by atoms with van der Waals surface area (Å²) in [6, 6.07) is 18.8. The van der Waals surface area contributed by atoms with Gasteiger partial charge in [0.05, 0.1) is 6.61 Å². The quantitative estimate of drug-likeness (QED) is 0.911. The molecule has 1 heterocycles. The lowest BCUT2D eigenvalue weighted by Crippen LogP contribution is -2.33. The molecular weight excluding hydrogens is 246 g/mol. The molecular formula is C18H21NO. The van der Waals surface area contributed by atoms with Gasteiger partial charge in [0.2, 0.25) is 0 Å². The van der Waals surface area contributed by atoms with Crippen molar-refractivity contribution in [3.63, 3.8) is 0 Å². The molecule has 0 radical (unpaired) electrons. The Balaban J connectivity index is 1.58. The zero-order valence-electron chi connectivity index (χ0n) is 11.7. The molecule has 2 aromatic rings. The smallest absolute Gasteiger partial charge is 0.119 e. The average Bonchev–Trinajstić information content (AvgIpc) is 2.55. The summed E-state index contributed by atoms with van der Waals surface area (Å²) in [7, 11) is 0. The van der Waals surface area contributed by atoms with E-state index in [9.17, 15) is 0 Å². The van der Waals surface area contributed by atoms with Gasteiger partial charge in [-0.3, -0.25) is 0 Å². The van der Waals surface area contributed by atoms with Crippen molar-refractivity contribution >= 4 is 0 Å². The Bertz CT molecular complexity index is 515. The van der Waals surface area contributed by atoms with Crippen molar-refractivity contribution in [2.45, 2.75) is 12.8 Å². The maximum atomic E-state index is 5.90. The van der Waals surface area contributed by atoms with Crippen LogP contribution in [0.25, 0.3) is 11.1 Å². The van der Waals surface area contributed by atoms with Crippen molar-refractivity contribution < 1.29 is 4.74 Å². The highest BCUT2D eigenvalue weighted by Gasteiger charge is 2.13. The van der Waals surface area contributed by atoms with E-state index in [1.165, 1.54) is 24.0 Å². The van der Waals surface area contributed by atoms with Crippen LogP contribution in [0.15, 0.2) is 54.6 Å². The minimum Gasteiger partial charge on any atom is -0.493 e. The molecule has 20 heavy (non-hydrogen) atoms. The third kappa shape index (κ3) is 3.40.